The van der Waals surface area contributed by atoms with Gasteiger partial charge in [0.2, 0.25) is 5.70 Å². The van der Waals surface area contributed by atoms with Crippen molar-refractivity contribution in [3.8, 4) is 12.1 Å². The van der Waals surface area contributed by atoms with E-state index in [1.807, 2.05) is 0 Å². The molecule has 0 bridgehead atoms. The first-order valence-electron chi connectivity index (χ1n) is 10.6. The smallest absolute Gasteiger partial charge is 0.202 e. The van der Waals surface area contributed by atoms with Crippen LogP contribution in [0.1, 0.15) is 22.3 Å². The van der Waals surface area contributed by atoms with Gasteiger partial charge in [0.1, 0.15) is 23.8 Å². The number of nitrogens with zero attached hydrogens (tertiary/aromatic N) is 3. The Morgan fingerprint density at radius 1 is 0.590 bits per heavy atom. The fourth-order valence-electron chi connectivity index (χ4n) is 3.90. The van der Waals surface area contributed by atoms with E-state index in [4.69, 9.17) is 6.57 Å². The van der Waals surface area contributed by atoms with Gasteiger partial charge >= 0.3 is 0 Å². The van der Waals surface area contributed by atoms with Crippen LogP contribution in [0.4, 0.5) is 35.1 Å². The van der Waals surface area contributed by atoms with Crippen molar-refractivity contribution in [3.05, 3.63) is 133 Å². The molecule has 3 aromatic rings. The van der Waals surface area contributed by atoms with E-state index in [1.165, 1.54) is 0 Å². The van der Waals surface area contributed by atoms with Crippen molar-refractivity contribution in [2.24, 2.45) is 0 Å². The molecule has 1 fully saturated rings. The normalized spacial score (nSPS) is 16.2. The van der Waals surface area contributed by atoms with Gasteiger partial charge in [-0.1, -0.05) is 0 Å². The molecule has 1 aliphatic rings. The number of nitriles is 2. The summed E-state index contributed by atoms with van der Waals surface area (Å²) in [7, 11) is 0. The summed E-state index contributed by atoms with van der Waals surface area (Å²) in [5, 5.41) is 19.7. The molecule has 3 nitrogen and oxygen atoms in total. The zero-order chi connectivity index (χ0) is 28.8. The Kier molecular flexibility index (Phi) is 6.83. The van der Waals surface area contributed by atoms with E-state index in [9.17, 15) is 45.6 Å². The van der Waals surface area contributed by atoms with Crippen LogP contribution in [0.15, 0.2) is 53.1 Å². The number of halogens is 8. The van der Waals surface area contributed by atoms with Crippen molar-refractivity contribution < 1.29 is 35.1 Å². The standard InChI is InChI=1S/C28H9F8N3/c1-11-17(29)3-12(4-18(11)30)15(9-37)23-24(16(10-38)13-5-19(31)26(35)20(32)6-13)25(23)28(39-2)14-7-21(33)27(36)22(34)8-14/h3-8H,1H3. The van der Waals surface area contributed by atoms with Gasteiger partial charge in [-0.15, -0.1) is 0 Å². The maximum Gasteiger partial charge on any atom is 0.202 e. The topological polar surface area (TPSA) is 51.9 Å². The third-order valence-electron chi connectivity index (χ3n) is 5.86. The molecule has 39 heavy (non-hydrogen) atoms. The minimum absolute atomic E-state index is 0.307. The van der Waals surface area contributed by atoms with Crippen LogP contribution >= 0.6 is 0 Å². The predicted octanol–water partition coefficient (Wildman–Crippen LogP) is 7.71. The molecular weight excluding hydrogens is 530 g/mol. The predicted molar refractivity (Wildman–Crippen MR) is 122 cm³/mol. The Balaban J connectivity index is 2.16. The van der Waals surface area contributed by atoms with E-state index in [0.717, 1.165) is 19.1 Å². The first-order chi connectivity index (χ1) is 18.4. The highest BCUT2D eigenvalue weighted by Crippen LogP contribution is 2.56. The summed E-state index contributed by atoms with van der Waals surface area (Å²) >= 11 is 0. The molecule has 0 aliphatic heterocycles. The van der Waals surface area contributed by atoms with E-state index in [0.29, 0.717) is 24.3 Å². The van der Waals surface area contributed by atoms with Crippen molar-refractivity contribution in [1.82, 2.24) is 0 Å². The van der Waals surface area contributed by atoms with Gasteiger partial charge in [-0.25, -0.2) is 40.0 Å². The minimum atomic E-state index is -1.84. The Bertz CT molecular complexity index is 1530. The number of hydrogen-bond acceptors (Lipinski definition) is 2. The van der Waals surface area contributed by atoms with Gasteiger partial charge in [-0.3, -0.25) is 0 Å². The number of benzene rings is 3. The summed E-state index contributed by atoms with van der Waals surface area (Å²) in [5.41, 5.74) is -4.49. The van der Waals surface area contributed by atoms with Gasteiger partial charge in [0.25, 0.3) is 0 Å². The quantitative estimate of drug-likeness (QED) is 0.148. The van der Waals surface area contributed by atoms with Gasteiger partial charge in [0.05, 0.1) is 17.7 Å². The molecule has 192 valence electrons. The summed E-state index contributed by atoms with van der Waals surface area (Å²) in [6, 6.07) is 6.74. The van der Waals surface area contributed by atoms with Crippen LogP contribution in [0.5, 0.6) is 0 Å². The minimum Gasteiger partial charge on any atom is -0.237 e. The second-order valence-corrected chi connectivity index (χ2v) is 8.13. The van der Waals surface area contributed by atoms with Crippen molar-refractivity contribution in [3.63, 3.8) is 0 Å². The molecular formula is C28H9F8N3. The summed E-state index contributed by atoms with van der Waals surface area (Å²) in [4.78, 5) is 3.18. The highest BCUT2D eigenvalue weighted by atomic mass is 19.2. The Morgan fingerprint density at radius 2 is 0.923 bits per heavy atom. The lowest BCUT2D eigenvalue weighted by atomic mass is 10.0. The van der Waals surface area contributed by atoms with E-state index in [1.54, 1.807) is 12.1 Å². The van der Waals surface area contributed by atoms with Gasteiger partial charge in [-0.2, -0.15) is 10.5 Å². The molecule has 0 N–H and O–H groups in total. The fourth-order valence-corrected chi connectivity index (χ4v) is 3.90. The van der Waals surface area contributed by atoms with Crippen LogP contribution in [0, 0.1) is 82.7 Å². The molecule has 0 spiro atoms. The first kappa shape index (κ1) is 26.8. The molecule has 0 saturated heterocycles. The van der Waals surface area contributed by atoms with Crippen molar-refractivity contribution in [1.29, 1.82) is 10.5 Å². The van der Waals surface area contributed by atoms with E-state index in [-0.39, 0.29) is 27.8 Å². The molecule has 1 saturated carbocycles. The average molecular weight is 539 g/mol. The first-order valence-corrected chi connectivity index (χ1v) is 10.6. The third kappa shape index (κ3) is 4.54. The Morgan fingerprint density at radius 3 is 1.26 bits per heavy atom. The summed E-state index contributed by atoms with van der Waals surface area (Å²) in [6.45, 7) is 8.69. The van der Waals surface area contributed by atoms with Crippen LogP contribution in [0.25, 0.3) is 21.7 Å². The zero-order valence-corrected chi connectivity index (χ0v) is 19.3. The number of hydrogen-bond donors (Lipinski definition) is 0. The molecule has 3 aromatic carbocycles. The zero-order valence-electron chi connectivity index (χ0n) is 19.3. The van der Waals surface area contributed by atoms with Crippen LogP contribution in [-0.2, 0) is 0 Å². The highest BCUT2D eigenvalue weighted by Gasteiger charge is 2.41. The van der Waals surface area contributed by atoms with Crippen LogP contribution in [0.2, 0.25) is 0 Å². The fraction of sp³-hybridized carbons (Fsp3) is 0.0357. The largest absolute Gasteiger partial charge is 0.237 e. The molecule has 11 heteroatoms. The van der Waals surface area contributed by atoms with Crippen LogP contribution < -0.4 is 0 Å². The van der Waals surface area contributed by atoms with Crippen LogP contribution in [-0.4, -0.2) is 0 Å². The molecule has 0 unspecified atom stereocenters. The highest BCUT2D eigenvalue weighted by molar-refractivity contribution is 6.11. The van der Waals surface area contributed by atoms with E-state index >= 15 is 0 Å². The molecule has 0 radical (unpaired) electrons. The van der Waals surface area contributed by atoms with Crippen molar-refractivity contribution >= 4 is 16.8 Å². The molecule has 0 amide bonds. The second-order valence-electron chi connectivity index (χ2n) is 8.13. The van der Waals surface area contributed by atoms with E-state index < -0.39 is 74.5 Å². The second kappa shape index (κ2) is 9.92. The lowest BCUT2D eigenvalue weighted by Crippen LogP contribution is -1.94. The summed E-state index contributed by atoms with van der Waals surface area (Å²) in [5.74, 6) is -12.5. The lowest BCUT2D eigenvalue weighted by molar-refractivity contribution is 0.446. The van der Waals surface area contributed by atoms with Crippen LogP contribution in [0.3, 0.4) is 0 Å². The molecule has 0 aromatic heterocycles. The summed E-state index contributed by atoms with van der Waals surface area (Å²) in [6.07, 6.45) is 0. The van der Waals surface area contributed by atoms with E-state index in [2.05, 4.69) is 4.85 Å². The van der Waals surface area contributed by atoms with Gasteiger partial charge < -0.3 is 0 Å². The monoisotopic (exact) mass is 539 g/mol. The average Bonchev–Trinajstić information content (AvgIpc) is 3.59. The Labute approximate surface area is 215 Å². The van der Waals surface area contributed by atoms with Crippen molar-refractivity contribution in [2.75, 3.05) is 0 Å². The third-order valence-corrected chi connectivity index (χ3v) is 5.86. The summed E-state index contributed by atoms with van der Waals surface area (Å²) < 4.78 is 112. The molecule has 0 atom stereocenters. The molecule has 4 rings (SSSR count). The van der Waals surface area contributed by atoms with Gasteiger partial charge in [0.15, 0.2) is 34.9 Å². The van der Waals surface area contributed by atoms with Gasteiger partial charge in [-0.05, 0) is 76.7 Å². The van der Waals surface area contributed by atoms with Crippen molar-refractivity contribution in [2.45, 2.75) is 6.92 Å². The number of allylic oxidation sites excluding steroid dienone is 5. The maximum absolute atomic E-state index is 14.3. The lowest BCUT2D eigenvalue weighted by Gasteiger charge is -2.04. The van der Waals surface area contributed by atoms with Gasteiger partial charge in [0, 0.05) is 5.56 Å². The maximum atomic E-state index is 14.3. The SMILES string of the molecule is [C-]#[N+]C(=C1C(=C(C#N)c2cc(F)c(C)c(F)c2)C1=C(C#N)c1cc(F)c(F)c(F)c1)c1cc(F)c(F)c(F)c1. The molecule has 0 heterocycles. The Hall–Kier alpha value is -5.21. The molecule has 1 aliphatic carbocycles. The number of rotatable bonds is 3.